The zero-order chi connectivity index (χ0) is 17.3. The number of fused-ring (bicyclic) bond motifs is 1. The molecule has 0 saturated carbocycles. The number of nitrogens with one attached hydrogen (secondary N) is 1. The van der Waals surface area contributed by atoms with Crippen molar-refractivity contribution in [2.24, 2.45) is 0 Å². The lowest BCUT2D eigenvalue weighted by Gasteiger charge is -2.13. The Bertz CT molecular complexity index is 964. The van der Waals surface area contributed by atoms with E-state index in [1.54, 1.807) is 18.3 Å². The number of hydrogen-bond donors (Lipinski definition) is 2. The van der Waals surface area contributed by atoms with Gasteiger partial charge in [0.2, 0.25) is 0 Å². The number of ether oxygens (including phenoxy) is 1. The third-order valence-electron chi connectivity index (χ3n) is 4.06. The van der Waals surface area contributed by atoms with Crippen molar-refractivity contribution in [1.82, 2.24) is 9.38 Å². The van der Waals surface area contributed by atoms with Gasteiger partial charge in [0.05, 0.1) is 19.3 Å². The maximum absolute atomic E-state index is 12.6. The summed E-state index contributed by atoms with van der Waals surface area (Å²) in [6.45, 7) is 3.64. The number of hydrogen-bond acceptors (Lipinski definition) is 5. The van der Waals surface area contributed by atoms with Gasteiger partial charge in [-0.2, -0.15) is 0 Å². The molecule has 0 aliphatic rings. The summed E-state index contributed by atoms with van der Waals surface area (Å²) >= 11 is 0. The highest BCUT2D eigenvalue weighted by Gasteiger charge is 2.15. The number of nitrogens with zero attached hydrogens (tertiary/aromatic N) is 2. The van der Waals surface area contributed by atoms with E-state index in [0.717, 1.165) is 11.3 Å². The maximum Gasteiger partial charge on any atom is 0.265 e. The summed E-state index contributed by atoms with van der Waals surface area (Å²) in [5.74, 6) is 0.817. The molecule has 6 heteroatoms. The fourth-order valence-corrected chi connectivity index (χ4v) is 2.53. The Morgan fingerprint density at radius 3 is 2.71 bits per heavy atom. The summed E-state index contributed by atoms with van der Waals surface area (Å²) in [5, 5.41) is 12.8. The third kappa shape index (κ3) is 2.72. The van der Waals surface area contributed by atoms with Crippen molar-refractivity contribution in [3.05, 3.63) is 63.6 Å². The molecule has 1 aromatic carbocycles. The highest BCUT2D eigenvalue weighted by Crippen LogP contribution is 2.23. The quantitative estimate of drug-likeness (QED) is 0.771. The van der Waals surface area contributed by atoms with Crippen molar-refractivity contribution < 1.29 is 9.84 Å². The van der Waals surface area contributed by atoms with E-state index < -0.39 is 6.61 Å². The molecule has 124 valence electrons. The van der Waals surface area contributed by atoms with Crippen molar-refractivity contribution in [3.8, 4) is 5.75 Å². The molecule has 0 aliphatic heterocycles. The van der Waals surface area contributed by atoms with E-state index in [1.165, 1.54) is 17.1 Å². The Balaban J connectivity index is 2.19. The van der Waals surface area contributed by atoms with Crippen LogP contribution >= 0.6 is 0 Å². The average molecular weight is 325 g/mol. The first-order chi connectivity index (χ1) is 11.5. The summed E-state index contributed by atoms with van der Waals surface area (Å²) in [4.78, 5) is 17.1. The van der Waals surface area contributed by atoms with Crippen LogP contribution in [-0.2, 0) is 6.61 Å². The van der Waals surface area contributed by atoms with Crippen LogP contribution in [0.25, 0.3) is 5.65 Å². The van der Waals surface area contributed by atoms with E-state index in [9.17, 15) is 9.90 Å². The number of pyridine rings is 1. The molecule has 2 N–H and O–H groups in total. The SMILES string of the molecule is COc1cccn2c(=O)c(CO)c(Nc3ccc(C)c(C)c3)nc12. The zero-order valence-corrected chi connectivity index (χ0v) is 13.8. The number of methoxy groups -OCH3 is 1. The minimum atomic E-state index is -0.404. The van der Waals surface area contributed by atoms with Crippen LogP contribution in [0.4, 0.5) is 11.5 Å². The van der Waals surface area contributed by atoms with Crippen molar-refractivity contribution in [3.63, 3.8) is 0 Å². The van der Waals surface area contributed by atoms with Gasteiger partial charge in [0.15, 0.2) is 11.4 Å². The number of anilines is 2. The molecule has 0 radical (unpaired) electrons. The Morgan fingerprint density at radius 2 is 2.04 bits per heavy atom. The van der Waals surface area contributed by atoms with Crippen molar-refractivity contribution in [2.45, 2.75) is 20.5 Å². The van der Waals surface area contributed by atoms with Crippen molar-refractivity contribution >= 4 is 17.2 Å². The molecule has 0 spiro atoms. The van der Waals surface area contributed by atoms with Crippen LogP contribution in [0.5, 0.6) is 5.75 Å². The summed E-state index contributed by atoms with van der Waals surface area (Å²) < 4.78 is 6.65. The number of aliphatic hydroxyl groups excluding tert-OH is 1. The van der Waals surface area contributed by atoms with Crippen molar-refractivity contribution in [1.29, 1.82) is 0 Å². The Hall–Kier alpha value is -2.86. The summed E-state index contributed by atoms with van der Waals surface area (Å²) in [6, 6.07) is 9.31. The topological polar surface area (TPSA) is 75.9 Å². The van der Waals surface area contributed by atoms with E-state index >= 15 is 0 Å². The molecule has 3 rings (SSSR count). The van der Waals surface area contributed by atoms with Gasteiger partial charge in [-0.3, -0.25) is 9.20 Å². The van der Waals surface area contributed by atoms with Crippen LogP contribution in [0, 0.1) is 13.8 Å². The standard InChI is InChI=1S/C18H19N3O3/c1-11-6-7-13(9-12(11)2)19-16-14(10-22)18(23)21-8-4-5-15(24-3)17(21)20-16/h4-9,19,22H,10H2,1-3H3. The number of aryl methyl sites for hydroxylation is 2. The number of benzene rings is 1. The first kappa shape index (κ1) is 16.0. The molecule has 2 heterocycles. The highest BCUT2D eigenvalue weighted by atomic mass is 16.5. The van der Waals surface area contributed by atoms with Gasteiger partial charge in [-0.25, -0.2) is 4.98 Å². The van der Waals surface area contributed by atoms with Crippen LogP contribution < -0.4 is 15.6 Å². The predicted molar refractivity (Wildman–Crippen MR) is 93.1 cm³/mol. The molecule has 3 aromatic rings. The second kappa shape index (κ2) is 6.33. The van der Waals surface area contributed by atoms with E-state index in [1.807, 2.05) is 32.0 Å². The molecule has 0 unspecified atom stereocenters. The molecule has 0 amide bonds. The predicted octanol–water partition coefficient (Wildman–Crippen LogP) is 2.56. The van der Waals surface area contributed by atoms with Gasteiger partial charge < -0.3 is 15.2 Å². The second-order valence-corrected chi connectivity index (χ2v) is 5.60. The van der Waals surface area contributed by atoms with Gasteiger partial charge in [0.25, 0.3) is 5.56 Å². The van der Waals surface area contributed by atoms with Gasteiger partial charge >= 0.3 is 0 Å². The molecule has 6 nitrogen and oxygen atoms in total. The maximum atomic E-state index is 12.6. The Labute approximate surface area is 139 Å². The average Bonchev–Trinajstić information content (AvgIpc) is 2.58. The van der Waals surface area contributed by atoms with Crippen LogP contribution in [0.2, 0.25) is 0 Å². The monoisotopic (exact) mass is 325 g/mol. The minimum absolute atomic E-state index is 0.207. The van der Waals surface area contributed by atoms with E-state index in [0.29, 0.717) is 17.2 Å². The largest absolute Gasteiger partial charge is 0.493 e. The normalized spacial score (nSPS) is 10.8. The molecule has 0 bridgehead atoms. The van der Waals surface area contributed by atoms with Crippen LogP contribution in [0.15, 0.2) is 41.3 Å². The smallest absolute Gasteiger partial charge is 0.265 e. The number of aliphatic hydroxyl groups is 1. The summed E-state index contributed by atoms with van der Waals surface area (Å²) in [7, 11) is 1.53. The summed E-state index contributed by atoms with van der Waals surface area (Å²) in [6.07, 6.45) is 1.60. The van der Waals surface area contributed by atoms with E-state index in [2.05, 4.69) is 10.3 Å². The van der Waals surface area contributed by atoms with Crippen LogP contribution in [-0.4, -0.2) is 21.6 Å². The lowest BCUT2D eigenvalue weighted by Crippen LogP contribution is -2.22. The van der Waals surface area contributed by atoms with Gasteiger partial charge in [0, 0.05) is 11.9 Å². The van der Waals surface area contributed by atoms with Gasteiger partial charge in [-0.05, 0) is 49.2 Å². The minimum Gasteiger partial charge on any atom is -0.493 e. The molecule has 0 saturated heterocycles. The van der Waals surface area contributed by atoms with Crippen molar-refractivity contribution in [2.75, 3.05) is 12.4 Å². The first-order valence-electron chi connectivity index (χ1n) is 7.58. The van der Waals surface area contributed by atoms with Crippen LogP contribution in [0.3, 0.4) is 0 Å². The van der Waals surface area contributed by atoms with E-state index in [4.69, 9.17) is 4.74 Å². The zero-order valence-electron chi connectivity index (χ0n) is 13.8. The molecule has 0 atom stereocenters. The molecule has 0 fully saturated rings. The van der Waals surface area contributed by atoms with Crippen LogP contribution in [0.1, 0.15) is 16.7 Å². The second-order valence-electron chi connectivity index (χ2n) is 5.60. The summed E-state index contributed by atoms with van der Waals surface area (Å²) in [5.41, 5.74) is 3.39. The molecule has 0 aliphatic carbocycles. The van der Waals surface area contributed by atoms with E-state index in [-0.39, 0.29) is 11.1 Å². The Morgan fingerprint density at radius 1 is 1.25 bits per heavy atom. The fraction of sp³-hybridized carbons (Fsp3) is 0.222. The molecular weight excluding hydrogens is 306 g/mol. The Kier molecular flexibility index (Phi) is 4.22. The number of rotatable bonds is 4. The highest BCUT2D eigenvalue weighted by molar-refractivity contribution is 5.65. The molecule has 2 aromatic heterocycles. The first-order valence-corrected chi connectivity index (χ1v) is 7.58. The molecular formula is C18H19N3O3. The fourth-order valence-electron chi connectivity index (χ4n) is 2.53. The molecule has 24 heavy (non-hydrogen) atoms. The van der Waals surface area contributed by atoms with Gasteiger partial charge in [-0.1, -0.05) is 6.07 Å². The van der Waals surface area contributed by atoms with Gasteiger partial charge in [-0.15, -0.1) is 0 Å². The number of aromatic nitrogens is 2. The lowest BCUT2D eigenvalue weighted by molar-refractivity contribution is 0.280. The third-order valence-corrected chi connectivity index (χ3v) is 4.06. The van der Waals surface area contributed by atoms with Gasteiger partial charge in [0.1, 0.15) is 5.82 Å². The lowest BCUT2D eigenvalue weighted by atomic mass is 10.1.